The molecule has 0 aromatic heterocycles. The zero-order chi connectivity index (χ0) is 10.6. The molecule has 1 rings (SSSR count). The number of benzene rings is 1. The summed E-state index contributed by atoms with van der Waals surface area (Å²) in [7, 11) is 0. The molecule has 0 atom stereocenters. The van der Waals surface area contributed by atoms with Gasteiger partial charge in [0, 0.05) is 5.57 Å². The van der Waals surface area contributed by atoms with E-state index in [1.54, 1.807) is 6.08 Å². The van der Waals surface area contributed by atoms with Gasteiger partial charge in [0.25, 0.3) is 0 Å². The van der Waals surface area contributed by atoms with Crippen LogP contribution in [0.5, 0.6) is 0 Å². The number of carbonyl (C=O) groups is 1. The average Bonchev–Trinajstić information content (AvgIpc) is 2.16. The topological polar surface area (TPSA) is 37.3 Å². The van der Waals surface area contributed by atoms with Crippen LogP contribution in [0.3, 0.4) is 0 Å². The Morgan fingerprint density at radius 1 is 1.43 bits per heavy atom. The summed E-state index contributed by atoms with van der Waals surface area (Å²) in [6, 6.07) is 7.75. The zero-order valence-corrected chi connectivity index (χ0v) is 8.45. The smallest absolute Gasteiger partial charge is 0.331 e. The van der Waals surface area contributed by atoms with Crippen LogP contribution in [0.4, 0.5) is 0 Å². The molecule has 0 amide bonds. The molecule has 0 radical (unpaired) electrons. The molecular formula is C12H14O2. The van der Waals surface area contributed by atoms with Crippen molar-refractivity contribution in [3.8, 4) is 0 Å². The third kappa shape index (κ3) is 2.46. The summed E-state index contributed by atoms with van der Waals surface area (Å²) >= 11 is 0. The fraction of sp³-hybridized carbons (Fsp3) is 0.250. The van der Waals surface area contributed by atoms with Gasteiger partial charge in [-0.1, -0.05) is 31.2 Å². The lowest BCUT2D eigenvalue weighted by molar-refractivity contribution is -0.132. The molecule has 0 bridgehead atoms. The number of aliphatic carboxylic acids is 1. The zero-order valence-electron chi connectivity index (χ0n) is 8.45. The van der Waals surface area contributed by atoms with Crippen molar-refractivity contribution < 1.29 is 9.90 Å². The summed E-state index contributed by atoms with van der Waals surface area (Å²) in [6.45, 7) is 3.82. The first-order valence-corrected chi connectivity index (χ1v) is 4.64. The van der Waals surface area contributed by atoms with E-state index in [-0.39, 0.29) is 0 Å². The first-order valence-electron chi connectivity index (χ1n) is 4.64. The molecule has 0 heterocycles. The summed E-state index contributed by atoms with van der Waals surface area (Å²) in [5.74, 6) is -0.837. The van der Waals surface area contributed by atoms with Crippen molar-refractivity contribution in [1.29, 1.82) is 0 Å². The highest BCUT2D eigenvalue weighted by Gasteiger charge is 2.04. The molecule has 0 fully saturated rings. The summed E-state index contributed by atoms with van der Waals surface area (Å²) in [5, 5.41) is 8.86. The largest absolute Gasteiger partial charge is 0.478 e. The predicted octanol–water partition coefficient (Wildman–Crippen LogP) is 2.87. The Labute approximate surface area is 83.9 Å². The first-order chi connectivity index (χ1) is 6.65. The lowest BCUT2D eigenvalue weighted by atomic mass is 10.0. The maximum absolute atomic E-state index is 10.8. The molecule has 1 N–H and O–H groups in total. The van der Waals surface area contributed by atoms with Crippen LogP contribution in [0, 0.1) is 6.92 Å². The Morgan fingerprint density at radius 3 is 2.57 bits per heavy atom. The maximum atomic E-state index is 10.8. The van der Waals surface area contributed by atoms with Crippen LogP contribution in [0.2, 0.25) is 0 Å². The third-order valence-corrected chi connectivity index (χ3v) is 2.17. The Kier molecular flexibility index (Phi) is 3.46. The normalized spacial score (nSPS) is 11.4. The molecule has 0 aliphatic heterocycles. The molecule has 0 spiro atoms. The Morgan fingerprint density at radius 2 is 2.07 bits per heavy atom. The highest BCUT2D eigenvalue weighted by molar-refractivity contribution is 5.92. The van der Waals surface area contributed by atoms with Crippen LogP contribution in [0.15, 0.2) is 29.8 Å². The molecule has 2 heteroatoms. The highest BCUT2D eigenvalue weighted by Crippen LogP contribution is 2.13. The summed E-state index contributed by atoms with van der Waals surface area (Å²) < 4.78 is 0. The van der Waals surface area contributed by atoms with Gasteiger partial charge < -0.3 is 5.11 Å². The number of aryl methyl sites for hydroxylation is 1. The lowest BCUT2D eigenvalue weighted by Crippen LogP contribution is -1.98. The van der Waals surface area contributed by atoms with Crippen LogP contribution in [-0.2, 0) is 4.79 Å². The van der Waals surface area contributed by atoms with Gasteiger partial charge >= 0.3 is 5.97 Å². The fourth-order valence-corrected chi connectivity index (χ4v) is 1.25. The molecule has 0 aliphatic rings. The number of rotatable bonds is 3. The van der Waals surface area contributed by atoms with Gasteiger partial charge in [-0.05, 0) is 30.5 Å². The molecule has 2 nitrogen and oxygen atoms in total. The number of hydrogen-bond donors (Lipinski definition) is 1. The minimum atomic E-state index is -0.837. The van der Waals surface area contributed by atoms with Crippen LogP contribution >= 0.6 is 0 Å². The average molecular weight is 190 g/mol. The number of hydrogen-bond acceptors (Lipinski definition) is 1. The quantitative estimate of drug-likeness (QED) is 0.744. The van der Waals surface area contributed by atoms with Crippen molar-refractivity contribution in [2.75, 3.05) is 0 Å². The van der Waals surface area contributed by atoms with Gasteiger partial charge in [0.1, 0.15) is 0 Å². The van der Waals surface area contributed by atoms with Crippen LogP contribution in [-0.4, -0.2) is 11.1 Å². The molecule has 14 heavy (non-hydrogen) atoms. The molecule has 0 unspecified atom stereocenters. The van der Waals surface area contributed by atoms with Crippen molar-refractivity contribution in [2.24, 2.45) is 0 Å². The van der Waals surface area contributed by atoms with E-state index in [4.69, 9.17) is 5.11 Å². The Hall–Kier alpha value is -1.57. The molecule has 0 saturated carbocycles. The Balaban J connectivity index is 3.07. The van der Waals surface area contributed by atoms with Gasteiger partial charge in [-0.25, -0.2) is 4.79 Å². The minimum Gasteiger partial charge on any atom is -0.478 e. The van der Waals surface area contributed by atoms with Crippen molar-refractivity contribution in [3.63, 3.8) is 0 Å². The van der Waals surface area contributed by atoms with Crippen molar-refractivity contribution in [1.82, 2.24) is 0 Å². The van der Waals surface area contributed by atoms with Gasteiger partial charge in [0.2, 0.25) is 0 Å². The third-order valence-electron chi connectivity index (χ3n) is 2.17. The van der Waals surface area contributed by atoms with Crippen molar-refractivity contribution in [3.05, 3.63) is 41.0 Å². The van der Waals surface area contributed by atoms with E-state index in [9.17, 15) is 4.79 Å². The van der Waals surface area contributed by atoms with E-state index >= 15 is 0 Å². The van der Waals surface area contributed by atoms with Crippen LogP contribution in [0.25, 0.3) is 6.08 Å². The van der Waals surface area contributed by atoms with E-state index in [0.717, 1.165) is 11.1 Å². The van der Waals surface area contributed by atoms with Crippen LogP contribution < -0.4 is 0 Å². The molecule has 0 aliphatic carbocycles. The monoisotopic (exact) mass is 190 g/mol. The standard InChI is InChI=1S/C12H14O2/c1-3-10(12(13)14)8-11-7-5-4-6-9(11)2/h4-8H,3H2,1-2H3,(H,13,14)/b10-8+. The predicted molar refractivity (Wildman–Crippen MR) is 57.1 cm³/mol. The lowest BCUT2D eigenvalue weighted by Gasteiger charge is -2.01. The van der Waals surface area contributed by atoms with Gasteiger partial charge in [-0.15, -0.1) is 0 Å². The number of carboxylic acid groups (broad SMARTS) is 1. The number of carboxylic acids is 1. The summed E-state index contributed by atoms with van der Waals surface area (Å²) in [4.78, 5) is 10.8. The van der Waals surface area contributed by atoms with Gasteiger partial charge in [0.05, 0.1) is 0 Å². The minimum absolute atomic E-state index is 0.444. The van der Waals surface area contributed by atoms with Crippen molar-refractivity contribution in [2.45, 2.75) is 20.3 Å². The van der Waals surface area contributed by atoms with E-state index in [2.05, 4.69) is 0 Å². The molecule has 1 aromatic rings. The van der Waals surface area contributed by atoms with Gasteiger partial charge in [-0.2, -0.15) is 0 Å². The molecule has 0 saturated heterocycles. The van der Waals surface area contributed by atoms with E-state index in [1.165, 1.54) is 0 Å². The van der Waals surface area contributed by atoms with E-state index < -0.39 is 5.97 Å². The molecular weight excluding hydrogens is 176 g/mol. The second kappa shape index (κ2) is 4.61. The Bertz CT molecular complexity index is 364. The SMILES string of the molecule is CC/C(=C\c1ccccc1C)C(=O)O. The van der Waals surface area contributed by atoms with E-state index in [0.29, 0.717) is 12.0 Å². The van der Waals surface area contributed by atoms with Crippen LogP contribution in [0.1, 0.15) is 24.5 Å². The highest BCUT2D eigenvalue weighted by atomic mass is 16.4. The first kappa shape index (κ1) is 10.5. The summed E-state index contributed by atoms with van der Waals surface area (Å²) in [5.41, 5.74) is 2.52. The second-order valence-electron chi connectivity index (χ2n) is 3.18. The van der Waals surface area contributed by atoms with E-state index in [1.807, 2.05) is 38.1 Å². The van der Waals surface area contributed by atoms with Gasteiger partial charge in [-0.3, -0.25) is 0 Å². The van der Waals surface area contributed by atoms with Crippen molar-refractivity contribution >= 4 is 12.0 Å². The molecule has 74 valence electrons. The maximum Gasteiger partial charge on any atom is 0.331 e. The van der Waals surface area contributed by atoms with Gasteiger partial charge in [0.15, 0.2) is 0 Å². The second-order valence-corrected chi connectivity index (χ2v) is 3.18. The summed E-state index contributed by atoms with van der Waals surface area (Å²) in [6.07, 6.45) is 2.28. The molecule has 1 aromatic carbocycles. The fourth-order valence-electron chi connectivity index (χ4n) is 1.25.